The van der Waals surface area contributed by atoms with Gasteiger partial charge in [-0.25, -0.2) is 4.79 Å². The molecule has 0 bridgehead atoms. The molecule has 160 valence electrons. The lowest BCUT2D eigenvalue weighted by Gasteiger charge is -2.22. The maximum Gasteiger partial charge on any atom is 0.326 e. The molecule has 0 fully saturated rings. The van der Waals surface area contributed by atoms with Gasteiger partial charge in [-0.05, 0) is 36.4 Å². The number of hydrogen-bond acceptors (Lipinski definition) is 5. The van der Waals surface area contributed by atoms with Gasteiger partial charge in [0.1, 0.15) is 5.75 Å². The first-order valence-corrected chi connectivity index (χ1v) is 9.47. The van der Waals surface area contributed by atoms with Gasteiger partial charge in [0.25, 0.3) is 5.91 Å². The summed E-state index contributed by atoms with van der Waals surface area (Å²) in [7, 11) is 1.50. The molecule has 0 atom stereocenters. The molecule has 2 aromatic rings. The number of anilines is 2. The van der Waals surface area contributed by atoms with Crippen LogP contribution in [0.3, 0.4) is 0 Å². The molecule has 5 N–H and O–H groups in total. The van der Waals surface area contributed by atoms with Crippen molar-refractivity contribution in [2.24, 2.45) is 10.9 Å². The van der Waals surface area contributed by atoms with Crippen LogP contribution in [0.1, 0.15) is 15.9 Å². The minimum atomic E-state index is -0.422. The van der Waals surface area contributed by atoms with E-state index in [1.54, 1.807) is 48.7 Å². The molecule has 0 unspecified atom stereocenters. The van der Waals surface area contributed by atoms with E-state index in [0.717, 1.165) is 0 Å². The number of rotatable bonds is 5. The molecule has 31 heavy (non-hydrogen) atoms. The zero-order valence-electron chi connectivity index (χ0n) is 16.5. The van der Waals surface area contributed by atoms with Crippen LogP contribution in [-0.2, 0) is 0 Å². The Morgan fingerprint density at radius 1 is 1.13 bits per heavy atom. The smallest absolute Gasteiger partial charge is 0.326 e. The molecule has 3 amide bonds. The monoisotopic (exact) mass is 441 g/mol. The predicted octanol–water partition coefficient (Wildman–Crippen LogP) is 3.53. The Balaban J connectivity index is 1.79. The number of nitrogens with one attached hydrogen (secondary N) is 2. The minimum Gasteiger partial charge on any atom is -0.497 e. The van der Waals surface area contributed by atoms with Gasteiger partial charge in [-0.3, -0.25) is 9.69 Å². The molecule has 0 aromatic heterocycles. The summed E-state index contributed by atoms with van der Waals surface area (Å²) in [5.41, 5.74) is 7.08. The normalized spacial score (nSPS) is 13.4. The van der Waals surface area contributed by atoms with Crippen molar-refractivity contribution in [3.8, 4) is 5.75 Å². The van der Waals surface area contributed by atoms with Crippen LogP contribution in [-0.4, -0.2) is 41.5 Å². The standard InChI is InChI=1S/C21H20ClN5O4/c1-31-16-8-9-17(18(11-16)25-21(29)27-10-2-3-15(22)12-27)24-20(28)14-6-4-13(5-7-14)19(23)26-30/h2-11,30H,12H2,1H3,(H2,23,26)(H,24,28)(H,25,29). The average molecular weight is 442 g/mol. The van der Waals surface area contributed by atoms with E-state index in [0.29, 0.717) is 33.3 Å². The summed E-state index contributed by atoms with van der Waals surface area (Å²) in [6, 6.07) is 10.6. The highest BCUT2D eigenvalue weighted by Crippen LogP contribution is 2.28. The number of nitrogens with two attached hydrogens (primary N) is 1. The van der Waals surface area contributed by atoms with Gasteiger partial charge >= 0.3 is 6.03 Å². The van der Waals surface area contributed by atoms with Crippen LogP contribution < -0.4 is 21.1 Å². The van der Waals surface area contributed by atoms with Gasteiger partial charge in [0, 0.05) is 28.4 Å². The Labute approximate surface area is 183 Å². The predicted molar refractivity (Wildman–Crippen MR) is 119 cm³/mol. The van der Waals surface area contributed by atoms with Crippen LogP contribution in [0.25, 0.3) is 0 Å². The zero-order valence-corrected chi connectivity index (χ0v) is 17.3. The molecule has 1 heterocycles. The highest BCUT2D eigenvalue weighted by atomic mass is 35.5. The van der Waals surface area contributed by atoms with Gasteiger partial charge in [0.15, 0.2) is 5.84 Å². The van der Waals surface area contributed by atoms with E-state index in [9.17, 15) is 9.59 Å². The molecular formula is C21H20ClN5O4. The van der Waals surface area contributed by atoms with Crippen molar-refractivity contribution in [2.75, 3.05) is 24.3 Å². The number of urea groups is 1. The number of allylic oxidation sites excluding steroid dienone is 2. The summed E-state index contributed by atoms with van der Waals surface area (Å²) in [5, 5.41) is 17.7. The number of amides is 3. The van der Waals surface area contributed by atoms with Crippen molar-refractivity contribution in [2.45, 2.75) is 0 Å². The van der Waals surface area contributed by atoms with Crippen LogP contribution in [0.2, 0.25) is 0 Å². The highest BCUT2D eigenvalue weighted by molar-refractivity contribution is 6.30. The first-order valence-electron chi connectivity index (χ1n) is 9.09. The van der Waals surface area contributed by atoms with Crippen molar-refractivity contribution in [1.29, 1.82) is 0 Å². The van der Waals surface area contributed by atoms with E-state index in [1.165, 1.54) is 24.1 Å². The van der Waals surface area contributed by atoms with Gasteiger partial charge < -0.3 is 26.3 Å². The van der Waals surface area contributed by atoms with E-state index in [4.69, 9.17) is 27.3 Å². The largest absolute Gasteiger partial charge is 0.497 e. The van der Waals surface area contributed by atoms with E-state index in [2.05, 4.69) is 15.8 Å². The van der Waals surface area contributed by atoms with Crippen molar-refractivity contribution in [1.82, 2.24) is 4.90 Å². The summed E-state index contributed by atoms with van der Waals surface area (Å²) >= 11 is 6.00. The molecule has 9 nitrogen and oxygen atoms in total. The van der Waals surface area contributed by atoms with Crippen molar-refractivity contribution in [3.63, 3.8) is 0 Å². The van der Waals surface area contributed by atoms with E-state index in [-0.39, 0.29) is 12.4 Å². The molecule has 1 aliphatic rings. The van der Waals surface area contributed by atoms with Gasteiger partial charge in [-0.2, -0.15) is 0 Å². The van der Waals surface area contributed by atoms with Crippen LogP contribution in [0.4, 0.5) is 16.2 Å². The van der Waals surface area contributed by atoms with Gasteiger partial charge in [-0.15, -0.1) is 0 Å². The fourth-order valence-corrected chi connectivity index (χ4v) is 2.95. The Kier molecular flexibility index (Phi) is 6.78. The number of benzene rings is 2. The lowest BCUT2D eigenvalue weighted by Crippen LogP contribution is -2.32. The van der Waals surface area contributed by atoms with E-state index < -0.39 is 11.9 Å². The van der Waals surface area contributed by atoms with Crippen molar-refractivity contribution >= 4 is 40.7 Å². The number of ether oxygens (including phenoxy) is 1. The molecule has 0 radical (unpaired) electrons. The summed E-state index contributed by atoms with van der Waals surface area (Å²) in [4.78, 5) is 26.7. The maximum absolute atomic E-state index is 12.7. The van der Waals surface area contributed by atoms with Crippen molar-refractivity contribution in [3.05, 3.63) is 77.0 Å². The third kappa shape index (κ3) is 5.34. The molecule has 0 spiro atoms. The lowest BCUT2D eigenvalue weighted by molar-refractivity contribution is 0.102. The summed E-state index contributed by atoms with van der Waals surface area (Å²) in [6.07, 6.45) is 4.97. The summed E-state index contributed by atoms with van der Waals surface area (Å²) < 4.78 is 5.22. The molecule has 0 saturated heterocycles. The number of nitrogens with zero attached hydrogens (tertiary/aromatic N) is 2. The van der Waals surface area contributed by atoms with Gasteiger partial charge in [-0.1, -0.05) is 28.9 Å². The molecule has 0 saturated carbocycles. The number of halogens is 1. The van der Waals surface area contributed by atoms with Crippen LogP contribution in [0.15, 0.2) is 71.0 Å². The molecule has 1 aliphatic heterocycles. The van der Waals surface area contributed by atoms with E-state index in [1.807, 2.05) is 0 Å². The number of hydrogen-bond donors (Lipinski definition) is 4. The Hall–Kier alpha value is -3.98. The molecule has 10 heteroatoms. The summed E-state index contributed by atoms with van der Waals surface area (Å²) in [5.74, 6) is 0.0351. The zero-order chi connectivity index (χ0) is 22.4. The first kappa shape index (κ1) is 21.7. The summed E-state index contributed by atoms with van der Waals surface area (Å²) in [6.45, 7) is 0.238. The first-order chi connectivity index (χ1) is 14.9. The maximum atomic E-state index is 12.7. The number of methoxy groups -OCH3 is 1. The Bertz CT molecular complexity index is 1080. The van der Waals surface area contributed by atoms with Crippen LogP contribution >= 0.6 is 11.6 Å². The Morgan fingerprint density at radius 3 is 2.48 bits per heavy atom. The minimum absolute atomic E-state index is 0.0613. The SMILES string of the molecule is COc1ccc(NC(=O)c2ccc(C(N)=NO)cc2)c(NC(=O)N2C=CC=C(Cl)C2)c1. The Morgan fingerprint density at radius 2 is 1.84 bits per heavy atom. The third-order valence-corrected chi connectivity index (χ3v) is 4.64. The van der Waals surface area contributed by atoms with E-state index >= 15 is 0 Å². The molecule has 2 aromatic carbocycles. The fraction of sp³-hybridized carbons (Fsp3) is 0.0952. The van der Waals surface area contributed by atoms with Crippen LogP contribution in [0, 0.1) is 0 Å². The highest BCUT2D eigenvalue weighted by Gasteiger charge is 2.17. The van der Waals surface area contributed by atoms with Crippen LogP contribution in [0.5, 0.6) is 5.75 Å². The molecule has 0 aliphatic carbocycles. The number of amidine groups is 1. The second-order valence-electron chi connectivity index (χ2n) is 6.44. The second-order valence-corrected chi connectivity index (χ2v) is 6.93. The second kappa shape index (κ2) is 9.68. The van der Waals surface area contributed by atoms with Crippen molar-refractivity contribution < 1.29 is 19.5 Å². The third-order valence-electron chi connectivity index (χ3n) is 4.39. The number of carbonyl (C=O) groups is 2. The fourth-order valence-electron chi connectivity index (χ4n) is 2.75. The van der Waals surface area contributed by atoms with Gasteiger partial charge in [0.2, 0.25) is 0 Å². The number of oxime groups is 1. The van der Waals surface area contributed by atoms with Gasteiger partial charge in [0.05, 0.1) is 25.0 Å². The lowest BCUT2D eigenvalue weighted by atomic mass is 10.1. The number of carbonyl (C=O) groups excluding carboxylic acids is 2. The quantitative estimate of drug-likeness (QED) is 0.244. The molecular weight excluding hydrogens is 422 g/mol. The molecule has 3 rings (SSSR count). The average Bonchev–Trinajstić information content (AvgIpc) is 2.79. The topological polar surface area (TPSA) is 129 Å².